The first-order valence-electron chi connectivity index (χ1n) is 17.0. The Kier molecular flexibility index (Phi) is 14.0. The molecule has 2 aliphatic rings. The number of benzene rings is 2. The van der Waals surface area contributed by atoms with Crippen molar-refractivity contribution in [1.82, 2.24) is 14.5 Å². The number of hydrogen-bond donors (Lipinski definition) is 3. The van der Waals surface area contributed by atoms with Crippen LogP contribution in [0.25, 0.3) is 0 Å². The largest absolute Gasteiger partial charge is 0.490 e. The number of amides is 3. The van der Waals surface area contributed by atoms with Crippen molar-refractivity contribution >= 4 is 39.2 Å². The molecule has 266 valence electrons. The molecule has 2 aromatic carbocycles. The average molecular weight is 707 g/mol. The van der Waals surface area contributed by atoms with Gasteiger partial charge in [-0.3, -0.25) is 4.79 Å². The van der Waals surface area contributed by atoms with Crippen LogP contribution in [0.1, 0.15) is 82.5 Å². The maximum atomic E-state index is 14.4. The fourth-order valence-electron chi connectivity index (χ4n) is 6.20. The fourth-order valence-corrected chi connectivity index (χ4v) is 7.51. The zero-order valence-corrected chi connectivity index (χ0v) is 30.1. The maximum absolute atomic E-state index is 14.4. The minimum absolute atomic E-state index is 0.0575. The summed E-state index contributed by atoms with van der Waals surface area (Å²) in [6.07, 6.45) is 6.75. The van der Waals surface area contributed by atoms with E-state index in [0.29, 0.717) is 29.5 Å². The summed E-state index contributed by atoms with van der Waals surface area (Å²) in [5.74, 6) is -0.299. The lowest BCUT2D eigenvalue weighted by Crippen LogP contribution is -2.48. The van der Waals surface area contributed by atoms with Crippen molar-refractivity contribution in [2.45, 2.75) is 101 Å². The van der Waals surface area contributed by atoms with Gasteiger partial charge in [0, 0.05) is 49.4 Å². The highest BCUT2D eigenvalue weighted by molar-refractivity contribution is 7.89. The summed E-state index contributed by atoms with van der Waals surface area (Å²) in [5.41, 5.74) is 0.717. The highest BCUT2D eigenvalue weighted by Crippen LogP contribution is 2.29. The molecule has 1 aliphatic heterocycles. The number of urea groups is 1. The Balaban J connectivity index is 1.60. The molecule has 0 spiro atoms. The second-order valence-electron chi connectivity index (χ2n) is 13.2. The van der Waals surface area contributed by atoms with Gasteiger partial charge in [-0.2, -0.15) is 4.31 Å². The van der Waals surface area contributed by atoms with Crippen LogP contribution in [0.15, 0.2) is 47.4 Å². The third kappa shape index (κ3) is 10.3. The molecule has 4 atom stereocenters. The molecule has 2 aromatic rings. The smallest absolute Gasteiger partial charge is 0.319 e. The number of anilines is 1. The number of hydrogen-bond acceptors (Lipinski definition) is 7. The van der Waals surface area contributed by atoms with Crippen LogP contribution >= 0.6 is 11.6 Å². The lowest BCUT2D eigenvalue weighted by molar-refractivity contribution is -0.00833. The van der Waals surface area contributed by atoms with Gasteiger partial charge in [0.15, 0.2) is 0 Å². The average Bonchev–Trinajstić information content (AvgIpc) is 3.06. The minimum Gasteiger partial charge on any atom is -0.490 e. The molecule has 1 aliphatic carbocycles. The molecule has 13 heteroatoms. The van der Waals surface area contributed by atoms with E-state index in [1.807, 2.05) is 13.8 Å². The van der Waals surface area contributed by atoms with Crippen molar-refractivity contribution in [3.8, 4) is 5.75 Å². The first-order valence-corrected chi connectivity index (χ1v) is 18.8. The summed E-state index contributed by atoms with van der Waals surface area (Å²) in [7, 11) is -2.33. The number of carbonyl (C=O) groups is 2. The Bertz CT molecular complexity index is 1470. The maximum Gasteiger partial charge on any atom is 0.319 e. The summed E-state index contributed by atoms with van der Waals surface area (Å²) < 4.78 is 40.7. The number of rotatable bonds is 8. The molecule has 1 saturated carbocycles. The number of aliphatic hydroxyl groups is 1. The van der Waals surface area contributed by atoms with Crippen molar-refractivity contribution in [1.29, 1.82) is 0 Å². The van der Waals surface area contributed by atoms with Crippen LogP contribution in [0.2, 0.25) is 5.02 Å². The number of nitrogens with zero attached hydrogens (tertiary/aromatic N) is 2. The van der Waals surface area contributed by atoms with Gasteiger partial charge in [-0.05, 0) is 88.4 Å². The molecule has 0 aromatic heterocycles. The molecule has 1 heterocycles. The second kappa shape index (κ2) is 17.7. The van der Waals surface area contributed by atoms with Crippen LogP contribution in [-0.2, 0) is 14.8 Å². The van der Waals surface area contributed by atoms with Gasteiger partial charge in [0.2, 0.25) is 10.0 Å². The van der Waals surface area contributed by atoms with E-state index in [2.05, 4.69) is 10.6 Å². The van der Waals surface area contributed by atoms with E-state index in [1.54, 1.807) is 30.0 Å². The normalized spacial score (nSPS) is 22.7. The Morgan fingerprint density at radius 1 is 1.06 bits per heavy atom. The van der Waals surface area contributed by atoms with Crippen LogP contribution < -0.4 is 15.4 Å². The topological polar surface area (TPSA) is 138 Å². The van der Waals surface area contributed by atoms with Crippen molar-refractivity contribution in [3.63, 3.8) is 0 Å². The molecule has 1 fully saturated rings. The lowest BCUT2D eigenvalue weighted by Gasteiger charge is -2.35. The van der Waals surface area contributed by atoms with E-state index in [1.165, 1.54) is 42.0 Å². The van der Waals surface area contributed by atoms with Crippen molar-refractivity contribution in [2.24, 2.45) is 5.92 Å². The number of carbonyl (C=O) groups excluding carboxylic acids is 2. The quantitative estimate of drug-likeness (QED) is 0.310. The molecule has 0 saturated heterocycles. The highest BCUT2D eigenvalue weighted by atomic mass is 35.5. The van der Waals surface area contributed by atoms with E-state index >= 15 is 0 Å². The molecule has 11 nitrogen and oxygen atoms in total. The standard InChI is InChI=1S/C35H51ClN4O7S/c1-24-21-40(25(2)23-41)34(42)31-20-29(38-35(43)37-28-11-6-5-7-12-28)15-18-32(31)47-26(3)10-8-9-19-46-33(24)22-39(4)48(44,45)30-16-13-27(36)14-17-30/h13-18,20,24-26,28,33,41H,5-12,19,21-23H2,1-4H3,(H2,37,38,43)/t24-,25-,26+,33+/m0/s1. The summed E-state index contributed by atoms with van der Waals surface area (Å²) in [5, 5.41) is 16.6. The third-order valence-electron chi connectivity index (χ3n) is 9.21. The Labute approximate surface area is 290 Å². The molecule has 0 bridgehead atoms. The number of aliphatic hydroxyl groups excluding tert-OH is 1. The number of ether oxygens (including phenoxy) is 2. The number of sulfonamides is 1. The van der Waals surface area contributed by atoms with Crippen LogP contribution in [0.5, 0.6) is 5.75 Å². The van der Waals surface area contributed by atoms with Crippen molar-refractivity contribution < 1.29 is 32.6 Å². The van der Waals surface area contributed by atoms with E-state index in [-0.39, 0.29) is 60.2 Å². The Morgan fingerprint density at radius 3 is 2.44 bits per heavy atom. The minimum atomic E-state index is -3.84. The Hall–Kier alpha value is -2.90. The van der Waals surface area contributed by atoms with Crippen LogP contribution in [0, 0.1) is 5.92 Å². The van der Waals surface area contributed by atoms with Gasteiger partial charge in [-0.1, -0.05) is 37.8 Å². The van der Waals surface area contributed by atoms with Crippen molar-refractivity contribution in [2.75, 3.05) is 38.7 Å². The van der Waals surface area contributed by atoms with Gasteiger partial charge < -0.3 is 30.1 Å². The molecule has 48 heavy (non-hydrogen) atoms. The number of nitrogens with one attached hydrogen (secondary N) is 2. The zero-order valence-electron chi connectivity index (χ0n) is 28.5. The van der Waals surface area contributed by atoms with Crippen LogP contribution in [0.3, 0.4) is 0 Å². The second-order valence-corrected chi connectivity index (χ2v) is 15.7. The number of likely N-dealkylation sites (N-methyl/N-ethyl adjacent to an activating group) is 1. The van der Waals surface area contributed by atoms with Gasteiger partial charge in [-0.15, -0.1) is 0 Å². The SMILES string of the molecule is C[C@@H]1CCCCO[C@H](CN(C)S(=O)(=O)c2ccc(Cl)cc2)[C@@H](C)CN([C@@H](C)CO)C(=O)c2cc(NC(=O)NC3CCCCC3)ccc2O1. The van der Waals surface area contributed by atoms with Gasteiger partial charge in [0.05, 0.1) is 35.3 Å². The predicted molar refractivity (Wildman–Crippen MR) is 187 cm³/mol. The fraction of sp³-hybridized carbons (Fsp3) is 0.600. The molecular weight excluding hydrogens is 656 g/mol. The number of halogens is 1. The van der Waals surface area contributed by atoms with Gasteiger partial charge >= 0.3 is 6.03 Å². The molecule has 4 rings (SSSR count). The van der Waals surface area contributed by atoms with E-state index in [0.717, 1.165) is 38.5 Å². The van der Waals surface area contributed by atoms with Gasteiger partial charge in [0.25, 0.3) is 5.91 Å². The lowest BCUT2D eigenvalue weighted by atomic mass is 9.96. The van der Waals surface area contributed by atoms with Gasteiger partial charge in [0.1, 0.15) is 5.75 Å². The molecule has 3 amide bonds. The summed E-state index contributed by atoms with van der Waals surface area (Å²) >= 11 is 5.99. The molecular formula is C35H51ClN4O7S. The first-order chi connectivity index (χ1) is 22.9. The summed E-state index contributed by atoms with van der Waals surface area (Å²) in [4.78, 5) is 28.9. The van der Waals surface area contributed by atoms with Gasteiger partial charge in [-0.25, -0.2) is 13.2 Å². The van der Waals surface area contributed by atoms with E-state index in [4.69, 9.17) is 21.1 Å². The van der Waals surface area contributed by atoms with Crippen molar-refractivity contribution in [3.05, 3.63) is 53.1 Å². The Morgan fingerprint density at radius 2 is 1.75 bits per heavy atom. The number of fused-ring (bicyclic) bond motifs is 1. The summed E-state index contributed by atoms with van der Waals surface area (Å²) in [6, 6.07) is 10.3. The molecule has 0 radical (unpaired) electrons. The van der Waals surface area contributed by atoms with E-state index in [9.17, 15) is 23.1 Å². The first kappa shape index (κ1) is 37.9. The summed E-state index contributed by atoms with van der Waals surface area (Å²) in [6.45, 7) is 5.97. The molecule has 0 unspecified atom stereocenters. The molecule has 3 N–H and O–H groups in total. The van der Waals surface area contributed by atoms with Crippen LogP contribution in [-0.4, -0.2) is 92.3 Å². The van der Waals surface area contributed by atoms with E-state index < -0.39 is 22.2 Å². The monoisotopic (exact) mass is 706 g/mol. The zero-order chi connectivity index (χ0) is 34.8. The third-order valence-corrected chi connectivity index (χ3v) is 11.3. The predicted octanol–water partition coefficient (Wildman–Crippen LogP) is 5.91. The highest BCUT2D eigenvalue weighted by Gasteiger charge is 2.32. The van der Waals surface area contributed by atoms with Crippen LogP contribution in [0.4, 0.5) is 10.5 Å².